The van der Waals surface area contributed by atoms with Crippen molar-refractivity contribution in [3.05, 3.63) is 54.1 Å². The van der Waals surface area contributed by atoms with E-state index >= 15 is 0 Å². The van der Waals surface area contributed by atoms with Crippen LogP contribution < -0.4 is 5.32 Å². The molecule has 3 aromatic rings. The van der Waals surface area contributed by atoms with Crippen LogP contribution in [-0.2, 0) is 24.2 Å². The molecule has 0 saturated carbocycles. The molecule has 1 N–H and O–H groups in total. The van der Waals surface area contributed by atoms with Crippen molar-refractivity contribution in [3.8, 4) is 5.82 Å². The van der Waals surface area contributed by atoms with Crippen molar-refractivity contribution in [3.63, 3.8) is 0 Å². The molecule has 3 rings (SSSR count). The van der Waals surface area contributed by atoms with Gasteiger partial charge in [0.1, 0.15) is 0 Å². The summed E-state index contributed by atoms with van der Waals surface area (Å²) in [6.07, 6.45) is 8.75. The number of hydrogen-bond acceptors (Lipinski definition) is 6. The molecule has 0 fully saturated rings. The normalized spacial score (nSPS) is 10.8. The first-order chi connectivity index (χ1) is 12.7. The maximum atomic E-state index is 12.0. The Hall–Kier alpha value is -3.03. The van der Waals surface area contributed by atoms with Crippen LogP contribution in [0.4, 0.5) is 0 Å². The third kappa shape index (κ3) is 4.98. The molecule has 0 aliphatic carbocycles. The molecule has 0 radical (unpaired) electrons. The fraction of sp³-hybridized carbons (Fsp3) is 0.389. The van der Waals surface area contributed by atoms with E-state index in [9.17, 15) is 4.79 Å². The Morgan fingerprint density at radius 1 is 1.31 bits per heavy atom. The lowest BCUT2D eigenvalue weighted by Gasteiger charge is -2.06. The average molecular weight is 354 g/mol. The molecule has 0 unspecified atom stereocenters. The zero-order chi connectivity index (χ0) is 18.2. The monoisotopic (exact) mass is 354 g/mol. The number of aromatic nitrogens is 5. The Kier molecular flexibility index (Phi) is 6.08. The van der Waals surface area contributed by atoms with E-state index in [0.29, 0.717) is 31.7 Å². The van der Waals surface area contributed by atoms with Crippen LogP contribution in [0.25, 0.3) is 5.82 Å². The molecule has 0 spiro atoms. The van der Waals surface area contributed by atoms with Gasteiger partial charge in [0.2, 0.25) is 11.8 Å². The van der Waals surface area contributed by atoms with Gasteiger partial charge in [0.15, 0.2) is 11.6 Å². The lowest BCUT2D eigenvalue weighted by atomic mass is 10.2. The summed E-state index contributed by atoms with van der Waals surface area (Å²) < 4.78 is 6.85. The number of rotatable bonds is 9. The van der Waals surface area contributed by atoms with Crippen molar-refractivity contribution >= 4 is 5.91 Å². The van der Waals surface area contributed by atoms with Crippen LogP contribution >= 0.6 is 0 Å². The van der Waals surface area contributed by atoms with E-state index in [2.05, 4.69) is 32.5 Å². The largest absolute Gasteiger partial charge is 0.352 e. The van der Waals surface area contributed by atoms with Crippen molar-refractivity contribution in [2.45, 2.75) is 45.6 Å². The van der Waals surface area contributed by atoms with Crippen molar-refractivity contribution in [2.75, 3.05) is 0 Å². The molecular weight excluding hydrogens is 332 g/mol. The molecule has 0 bridgehead atoms. The summed E-state index contributed by atoms with van der Waals surface area (Å²) in [7, 11) is 0. The highest BCUT2D eigenvalue weighted by Crippen LogP contribution is 2.07. The Morgan fingerprint density at radius 2 is 2.23 bits per heavy atom. The van der Waals surface area contributed by atoms with Crippen molar-refractivity contribution in [2.24, 2.45) is 0 Å². The van der Waals surface area contributed by atoms with Gasteiger partial charge in [-0.15, -0.1) is 0 Å². The minimum Gasteiger partial charge on any atom is -0.352 e. The van der Waals surface area contributed by atoms with E-state index in [1.54, 1.807) is 17.1 Å². The van der Waals surface area contributed by atoms with Gasteiger partial charge in [-0.2, -0.15) is 10.1 Å². The topological polar surface area (TPSA) is 98.7 Å². The van der Waals surface area contributed by atoms with Gasteiger partial charge in [0.05, 0.1) is 0 Å². The summed E-state index contributed by atoms with van der Waals surface area (Å²) in [5, 5.41) is 11.0. The second kappa shape index (κ2) is 8.89. The first-order valence-electron chi connectivity index (χ1n) is 8.77. The molecular formula is C18H22N6O2. The zero-order valence-corrected chi connectivity index (χ0v) is 14.8. The first-order valence-corrected chi connectivity index (χ1v) is 8.77. The van der Waals surface area contributed by atoms with Crippen LogP contribution in [0.15, 0.2) is 41.3 Å². The fourth-order valence-electron chi connectivity index (χ4n) is 2.51. The maximum Gasteiger partial charge on any atom is 0.226 e. The number of hydrogen-bond donors (Lipinski definition) is 1. The molecule has 0 saturated heterocycles. The molecule has 0 aromatic carbocycles. The lowest BCUT2D eigenvalue weighted by Crippen LogP contribution is -2.22. The van der Waals surface area contributed by atoms with Crippen LogP contribution in [0.3, 0.4) is 0 Å². The fourth-order valence-corrected chi connectivity index (χ4v) is 2.51. The lowest BCUT2D eigenvalue weighted by molar-refractivity contribution is -0.121. The zero-order valence-electron chi connectivity index (χ0n) is 14.8. The second-order valence-electron chi connectivity index (χ2n) is 5.96. The van der Waals surface area contributed by atoms with E-state index in [1.807, 2.05) is 24.4 Å². The molecule has 8 heteroatoms. The van der Waals surface area contributed by atoms with Gasteiger partial charge in [0, 0.05) is 44.4 Å². The molecule has 1 amide bonds. The molecule has 3 aromatic heterocycles. The predicted octanol–water partition coefficient (Wildman–Crippen LogP) is 2.24. The van der Waals surface area contributed by atoms with Crippen LogP contribution in [0.2, 0.25) is 0 Å². The number of nitrogens with one attached hydrogen (secondary N) is 1. The number of carbonyl (C=O) groups is 1. The number of nitrogens with zero attached hydrogens (tertiary/aromatic N) is 5. The Bertz CT molecular complexity index is 828. The summed E-state index contributed by atoms with van der Waals surface area (Å²) in [6.45, 7) is 2.53. The van der Waals surface area contributed by atoms with Crippen LogP contribution in [0, 0.1) is 0 Å². The number of aryl methyl sites for hydroxylation is 2. The minimum atomic E-state index is -0.00394. The van der Waals surface area contributed by atoms with Gasteiger partial charge in [-0.3, -0.25) is 4.79 Å². The van der Waals surface area contributed by atoms with Crippen LogP contribution in [0.5, 0.6) is 0 Å². The highest BCUT2D eigenvalue weighted by molar-refractivity contribution is 5.75. The van der Waals surface area contributed by atoms with E-state index in [1.165, 1.54) is 0 Å². The first kappa shape index (κ1) is 17.8. The molecule has 136 valence electrons. The van der Waals surface area contributed by atoms with Gasteiger partial charge in [0.25, 0.3) is 0 Å². The van der Waals surface area contributed by atoms with E-state index in [4.69, 9.17) is 4.52 Å². The summed E-state index contributed by atoms with van der Waals surface area (Å²) in [5.74, 6) is 2.05. The standard InChI is InChI=1S/C18H22N6O2/c1-2-5-15-22-18(26-23-15)7-3-6-17(25)20-13-14-8-10-19-16(12-14)24-11-4-9-21-24/h4,8-12H,2-3,5-7,13H2,1H3,(H,20,25). The molecule has 0 aliphatic rings. The smallest absolute Gasteiger partial charge is 0.226 e. The van der Waals surface area contributed by atoms with Gasteiger partial charge in [-0.25, -0.2) is 9.67 Å². The van der Waals surface area contributed by atoms with Gasteiger partial charge < -0.3 is 9.84 Å². The van der Waals surface area contributed by atoms with Crippen molar-refractivity contribution in [1.82, 2.24) is 30.2 Å². The van der Waals surface area contributed by atoms with Crippen LogP contribution in [0.1, 0.15) is 43.5 Å². The molecule has 3 heterocycles. The van der Waals surface area contributed by atoms with Gasteiger partial charge in [-0.05, 0) is 36.6 Å². The highest BCUT2D eigenvalue weighted by Gasteiger charge is 2.08. The molecule has 26 heavy (non-hydrogen) atoms. The predicted molar refractivity (Wildman–Crippen MR) is 94.4 cm³/mol. The van der Waals surface area contributed by atoms with E-state index in [0.717, 1.165) is 30.0 Å². The SMILES string of the molecule is CCCc1noc(CCCC(=O)NCc2ccnc(-n3cccn3)c2)n1. The van der Waals surface area contributed by atoms with E-state index < -0.39 is 0 Å². The molecule has 0 atom stereocenters. The van der Waals surface area contributed by atoms with Gasteiger partial charge >= 0.3 is 0 Å². The summed E-state index contributed by atoms with van der Waals surface area (Å²) in [6, 6.07) is 5.62. The van der Waals surface area contributed by atoms with Gasteiger partial charge in [-0.1, -0.05) is 12.1 Å². The quantitative estimate of drug-likeness (QED) is 0.633. The number of carbonyl (C=O) groups excluding carboxylic acids is 1. The van der Waals surface area contributed by atoms with Crippen LogP contribution in [-0.4, -0.2) is 30.8 Å². The van der Waals surface area contributed by atoms with Crippen molar-refractivity contribution in [1.29, 1.82) is 0 Å². The Labute approximate surface area is 151 Å². The third-order valence-electron chi connectivity index (χ3n) is 3.82. The average Bonchev–Trinajstić information content (AvgIpc) is 3.33. The Morgan fingerprint density at radius 3 is 3.04 bits per heavy atom. The Balaban J connectivity index is 1.42. The maximum absolute atomic E-state index is 12.0. The molecule has 8 nitrogen and oxygen atoms in total. The third-order valence-corrected chi connectivity index (χ3v) is 3.82. The summed E-state index contributed by atoms with van der Waals surface area (Å²) in [4.78, 5) is 20.6. The minimum absolute atomic E-state index is 0.00394. The number of amides is 1. The van der Waals surface area contributed by atoms with Crippen molar-refractivity contribution < 1.29 is 9.32 Å². The molecule has 0 aliphatic heterocycles. The highest BCUT2D eigenvalue weighted by atomic mass is 16.5. The summed E-state index contributed by atoms with van der Waals surface area (Å²) in [5.41, 5.74) is 0.972. The number of pyridine rings is 1. The van der Waals surface area contributed by atoms with E-state index in [-0.39, 0.29) is 5.91 Å². The second-order valence-corrected chi connectivity index (χ2v) is 5.96. The summed E-state index contributed by atoms with van der Waals surface area (Å²) >= 11 is 0.